The lowest BCUT2D eigenvalue weighted by molar-refractivity contribution is -0.388. The Bertz CT molecular complexity index is 858. The number of thioether (sulfide) groups is 1. The maximum absolute atomic E-state index is 11.6. The molecule has 1 aliphatic carbocycles. The molecule has 1 saturated carbocycles. The Morgan fingerprint density at radius 3 is 2.48 bits per heavy atom. The molecule has 4 rings (SSSR count). The zero-order chi connectivity index (χ0) is 19.2. The molecule has 1 saturated heterocycles. The molecular formula is C16H20N2O7S2. The van der Waals surface area contributed by atoms with Gasteiger partial charge in [-0.3, -0.25) is 10.1 Å². The van der Waals surface area contributed by atoms with E-state index in [9.17, 15) is 18.5 Å². The monoisotopic (exact) mass is 416 g/mol. The second-order valence-electron chi connectivity index (χ2n) is 6.98. The first-order valence-corrected chi connectivity index (χ1v) is 11.1. The van der Waals surface area contributed by atoms with E-state index >= 15 is 0 Å². The first kappa shape index (κ1) is 18.9. The Labute approximate surface area is 160 Å². The van der Waals surface area contributed by atoms with E-state index in [1.54, 1.807) is 0 Å². The Morgan fingerprint density at radius 1 is 1.22 bits per heavy atom. The number of fused-ring (bicyclic) bond motifs is 1. The SMILES string of the molecule is NS(=O)(=O)c1cc2c(c([N+](=O)[O-])c1)S[C@@H](C1CCC3(CC1)OCCO3)CO2. The van der Waals surface area contributed by atoms with Crippen LogP contribution in [0.4, 0.5) is 5.69 Å². The van der Waals surface area contributed by atoms with Crippen molar-refractivity contribution in [2.45, 2.75) is 46.5 Å². The number of primary sulfonamides is 1. The quantitative estimate of drug-likeness (QED) is 0.585. The summed E-state index contributed by atoms with van der Waals surface area (Å²) in [6, 6.07) is 2.26. The molecule has 1 atom stereocenters. The summed E-state index contributed by atoms with van der Waals surface area (Å²) in [6.07, 6.45) is 3.38. The van der Waals surface area contributed by atoms with E-state index < -0.39 is 20.7 Å². The number of benzene rings is 1. The van der Waals surface area contributed by atoms with Crippen LogP contribution in [0.2, 0.25) is 0 Å². The molecule has 0 amide bonds. The highest BCUT2D eigenvalue weighted by Crippen LogP contribution is 2.49. The first-order chi connectivity index (χ1) is 12.8. The molecule has 0 aromatic heterocycles. The number of nitrogens with two attached hydrogens (primary N) is 1. The number of ether oxygens (including phenoxy) is 3. The predicted molar refractivity (Wildman–Crippen MR) is 96.2 cm³/mol. The summed E-state index contributed by atoms with van der Waals surface area (Å²) in [5, 5.41) is 16.6. The fourth-order valence-corrected chi connectivity index (χ4v) is 5.85. The van der Waals surface area contributed by atoms with Gasteiger partial charge >= 0.3 is 0 Å². The molecule has 27 heavy (non-hydrogen) atoms. The van der Waals surface area contributed by atoms with Gasteiger partial charge in [-0.05, 0) is 18.8 Å². The van der Waals surface area contributed by atoms with Crippen LogP contribution in [-0.4, -0.2) is 44.2 Å². The van der Waals surface area contributed by atoms with Crippen LogP contribution in [0.15, 0.2) is 21.9 Å². The summed E-state index contributed by atoms with van der Waals surface area (Å²) in [7, 11) is -4.06. The maximum atomic E-state index is 11.6. The zero-order valence-electron chi connectivity index (χ0n) is 14.5. The molecule has 2 fully saturated rings. The van der Waals surface area contributed by atoms with Gasteiger partial charge < -0.3 is 14.2 Å². The lowest BCUT2D eigenvalue weighted by Crippen LogP contribution is -2.39. The fraction of sp³-hybridized carbons (Fsp3) is 0.625. The van der Waals surface area contributed by atoms with Gasteiger partial charge in [0.1, 0.15) is 17.3 Å². The minimum absolute atomic E-state index is 0.0512. The number of rotatable bonds is 3. The van der Waals surface area contributed by atoms with Gasteiger partial charge in [-0.2, -0.15) is 0 Å². The van der Waals surface area contributed by atoms with Crippen molar-refractivity contribution in [2.24, 2.45) is 11.1 Å². The van der Waals surface area contributed by atoms with Gasteiger partial charge in [-0.15, -0.1) is 11.8 Å². The molecule has 0 unspecified atom stereocenters. The van der Waals surface area contributed by atoms with Crippen molar-refractivity contribution < 1.29 is 27.6 Å². The molecule has 148 valence electrons. The second-order valence-corrected chi connectivity index (χ2v) is 9.79. The maximum Gasteiger partial charge on any atom is 0.288 e. The molecule has 2 heterocycles. The highest BCUT2D eigenvalue weighted by Gasteiger charge is 2.43. The second kappa shape index (κ2) is 6.89. The summed E-state index contributed by atoms with van der Waals surface area (Å²) in [5.74, 6) is 0.0636. The van der Waals surface area contributed by atoms with E-state index in [1.165, 1.54) is 17.8 Å². The third kappa shape index (κ3) is 3.66. The van der Waals surface area contributed by atoms with Crippen molar-refractivity contribution in [3.8, 4) is 5.75 Å². The van der Waals surface area contributed by atoms with Gasteiger partial charge in [0.05, 0.1) is 23.0 Å². The molecule has 3 aliphatic rings. The molecule has 0 radical (unpaired) electrons. The van der Waals surface area contributed by atoms with Crippen LogP contribution in [0.5, 0.6) is 5.75 Å². The Kier molecular flexibility index (Phi) is 4.83. The molecule has 1 spiro atoms. The van der Waals surface area contributed by atoms with Crippen molar-refractivity contribution in [3.05, 3.63) is 22.2 Å². The highest BCUT2D eigenvalue weighted by molar-refractivity contribution is 8.00. The lowest BCUT2D eigenvalue weighted by Gasteiger charge is -2.39. The number of nitro benzene ring substituents is 1. The molecule has 0 bridgehead atoms. The van der Waals surface area contributed by atoms with Crippen LogP contribution in [0.3, 0.4) is 0 Å². The minimum Gasteiger partial charge on any atom is -0.491 e. The predicted octanol–water partition coefficient (Wildman–Crippen LogP) is 2.03. The van der Waals surface area contributed by atoms with Crippen LogP contribution in [0.25, 0.3) is 0 Å². The third-order valence-corrected chi connectivity index (χ3v) is 7.70. The van der Waals surface area contributed by atoms with E-state index in [0.717, 1.165) is 31.7 Å². The molecule has 11 heteroatoms. The molecule has 1 aromatic rings. The van der Waals surface area contributed by atoms with Gasteiger partial charge in [0.25, 0.3) is 5.69 Å². The average Bonchev–Trinajstić information content (AvgIpc) is 3.08. The first-order valence-electron chi connectivity index (χ1n) is 8.70. The molecule has 1 aromatic carbocycles. The highest BCUT2D eigenvalue weighted by atomic mass is 32.2. The summed E-state index contributed by atoms with van der Waals surface area (Å²) in [6.45, 7) is 1.61. The van der Waals surface area contributed by atoms with Crippen molar-refractivity contribution in [2.75, 3.05) is 19.8 Å². The van der Waals surface area contributed by atoms with E-state index in [4.69, 9.17) is 19.3 Å². The smallest absolute Gasteiger partial charge is 0.288 e. The fourth-order valence-electron chi connectivity index (χ4n) is 3.92. The third-order valence-electron chi connectivity index (χ3n) is 5.34. The van der Waals surface area contributed by atoms with Crippen molar-refractivity contribution >= 4 is 27.5 Å². The molecule has 9 nitrogen and oxygen atoms in total. The summed E-state index contributed by atoms with van der Waals surface area (Å²) < 4.78 is 40.4. The number of hydrogen-bond donors (Lipinski definition) is 1. The Morgan fingerprint density at radius 2 is 1.89 bits per heavy atom. The number of nitro groups is 1. The summed E-state index contributed by atoms with van der Waals surface area (Å²) in [5.41, 5.74) is -0.291. The van der Waals surface area contributed by atoms with Crippen LogP contribution in [0.1, 0.15) is 25.7 Å². The van der Waals surface area contributed by atoms with Crippen LogP contribution < -0.4 is 9.88 Å². The van der Waals surface area contributed by atoms with Gasteiger partial charge in [-0.25, -0.2) is 13.6 Å². The van der Waals surface area contributed by atoms with Crippen LogP contribution in [0, 0.1) is 16.0 Å². The summed E-state index contributed by atoms with van der Waals surface area (Å²) in [4.78, 5) is 10.9. The average molecular weight is 416 g/mol. The zero-order valence-corrected chi connectivity index (χ0v) is 16.1. The topological polar surface area (TPSA) is 131 Å². The van der Waals surface area contributed by atoms with Gasteiger partial charge in [0.2, 0.25) is 10.0 Å². The number of nitrogens with zero attached hydrogens (tertiary/aromatic N) is 1. The Hall–Kier alpha value is -1.40. The normalized spacial score (nSPS) is 25.1. The largest absolute Gasteiger partial charge is 0.491 e. The van der Waals surface area contributed by atoms with E-state index in [0.29, 0.717) is 30.6 Å². The van der Waals surface area contributed by atoms with Crippen LogP contribution >= 0.6 is 11.8 Å². The lowest BCUT2D eigenvalue weighted by atomic mass is 9.83. The minimum atomic E-state index is -4.06. The van der Waals surface area contributed by atoms with E-state index in [-0.39, 0.29) is 21.6 Å². The summed E-state index contributed by atoms with van der Waals surface area (Å²) >= 11 is 1.38. The molecular weight excluding hydrogens is 396 g/mol. The number of sulfonamides is 1. The number of hydrogen-bond acceptors (Lipinski definition) is 8. The molecule has 2 aliphatic heterocycles. The standard InChI is InChI=1S/C16H20N2O7S2/c17-27(21,22)11-7-12(18(19)20)15-13(8-11)23-9-14(26-15)10-1-3-16(4-2-10)24-5-6-25-16/h7-8,10,14H,1-6,9H2,(H2,17,21,22)/t14-/m1/s1. The van der Waals surface area contributed by atoms with E-state index in [2.05, 4.69) is 0 Å². The molecule has 2 N–H and O–H groups in total. The van der Waals surface area contributed by atoms with Gasteiger partial charge in [0, 0.05) is 30.2 Å². The van der Waals surface area contributed by atoms with Crippen molar-refractivity contribution in [3.63, 3.8) is 0 Å². The Balaban J connectivity index is 1.55. The van der Waals surface area contributed by atoms with Gasteiger partial charge in [-0.1, -0.05) is 0 Å². The van der Waals surface area contributed by atoms with Crippen molar-refractivity contribution in [1.82, 2.24) is 0 Å². The van der Waals surface area contributed by atoms with Gasteiger partial charge in [0.15, 0.2) is 5.79 Å². The van der Waals surface area contributed by atoms with Crippen molar-refractivity contribution in [1.29, 1.82) is 0 Å². The van der Waals surface area contributed by atoms with E-state index in [1.807, 2.05) is 0 Å². The van der Waals surface area contributed by atoms with Crippen LogP contribution in [-0.2, 0) is 19.5 Å².